The van der Waals surface area contributed by atoms with Crippen LogP contribution in [0.4, 0.5) is 4.39 Å². The zero-order valence-electron chi connectivity index (χ0n) is 9.81. The van der Waals surface area contributed by atoms with E-state index in [1.807, 2.05) is 6.07 Å². The van der Waals surface area contributed by atoms with E-state index in [-0.39, 0.29) is 10.6 Å². The normalized spacial score (nSPS) is 11.8. The van der Waals surface area contributed by atoms with Gasteiger partial charge in [-0.25, -0.2) is 4.39 Å². The molecule has 0 aliphatic carbocycles. The van der Waals surface area contributed by atoms with Crippen molar-refractivity contribution in [3.63, 3.8) is 0 Å². The van der Waals surface area contributed by atoms with Crippen molar-refractivity contribution in [3.05, 3.63) is 34.1 Å². The summed E-state index contributed by atoms with van der Waals surface area (Å²) in [6, 6.07) is 5.01. The Morgan fingerprint density at radius 2 is 2.12 bits per heavy atom. The molecule has 1 aromatic carbocycles. The van der Waals surface area contributed by atoms with Crippen LogP contribution in [0.5, 0.6) is 0 Å². The van der Waals surface area contributed by atoms with Gasteiger partial charge in [-0.2, -0.15) is 11.8 Å². The molecule has 0 saturated heterocycles. The zero-order chi connectivity index (χ0) is 12.2. The second-order valence-corrected chi connectivity index (χ2v) is 6.73. The zero-order valence-corrected chi connectivity index (χ0v) is 12.2. The Hall–Kier alpha value is -0.0600. The maximum atomic E-state index is 13.4. The molecular weight excluding hydrogens is 289 g/mol. The van der Waals surface area contributed by atoms with Crippen LogP contribution in [0.2, 0.25) is 0 Å². The molecule has 0 unspecified atom stereocenters. The van der Waals surface area contributed by atoms with Gasteiger partial charge in [-0.3, -0.25) is 0 Å². The fourth-order valence-electron chi connectivity index (χ4n) is 1.25. The molecule has 4 heteroatoms. The Morgan fingerprint density at radius 1 is 1.44 bits per heavy atom. The van der Waals surface area contributed by atoms with E-state index in [0.717, 1.165) is 11.0 Å². The molecule has 0 radical (unpaired) electrons. The lowest BCUT2D eigenvalue weighted by Gasteiger charge is -2.22. The van der Waals surface area contributed by atoms with E-state index in [9.17, 15) is 4.39 Å². The molecule has 1 N–H and O–H groups in total. The van der Waals surface area contributed by atoms with Crippen LogP contribution in [0.25, 0.3) is 0 Å². The van der Waals surface area contributed by atoms with Crippen molar-refractivity contribution in [1.82, 2.24) is 5.32 Å². The van der Waals surface area contributed by atoms with Gasteiger partial charge in [0.15, 0.2) is 0 Å². The molecule has 1 nitrogen and oxygen atoms in total. The molecule has 0 fully saturated rings. The molecule has 0 saturated carbocycles. The lowest BCUT2D eigenvalue weighted by molar-refractivity contribution is 0.559. The third-order valence-electron chi connectivity index (χ3n) is 2.43. The minimum Gasteiger partial charge on any atom is -0.311 e. The van der Waals surface area contributed by atoms with Gasteiger partial charge in [0.05, 0.1) is 0 Å². The Bertz CT molecular complexity index is 355. The number of benzene rings is 1. The van der Waals surface area contributed by atoms with E-state index in [0.29, 0.717) is 12.1 Å². The third-order valence-corrected chi connectivity index (χ3v) is 4.17. The summed E-state index contributed by atoms with van der Waals surface area (Å²) < 4.78 is 14.5. The number of halogens is 2. The van der Waals surface area contributed by atoms with E-state index < -0.39 is 0 Å². The van der Waals surface area contributed by atoms with Gasteiger partial charge < -0.3 is 5.32 Å². The van der Waals surface area contributed by atoms with Gasteiger partial charge in [0, 0.05) is 27.9 Å². The SMILES string of the molecule is CSC(C)(C)CNCc1cc(Br)ccc1F. The van der Waals surface area contributed by atoms with Crippen LogP contribution >= 0.6 is 27.7 Å². The number of rotatable bonds is 5. The Morgan fingerprint density at radius 3 is 2.75 bits per heavy atom. The van der Waals surface area contributed by atoms with E-state index in [1.54, 1.807) is 17.8 Å². The average molecular weight is 306 g/mol. The van der Waals surface area contributed by atoms with Crippen molar-refractivity contribution in [2.75, 3.05) is 12.8 Å². The Balaban J connectivity index is 2.52. The summed E-state index contributed by atoms with van der Waals surface area (Å²) in [5.41, 5.74) is 0.700. The van der Waals surface area contributed by atoms with Gasteiger partial charge in [-0.05, 0) is 38.3 Å². The second-order valence-electron chi connectivity index (χ2n) is 4.30. The molecular formula is C12H17BrFNS. The largest absolute Gasteiger partial charge is 0.311 e. The smallest absolute Gasteiger partial charge is 0.127 e. The van der Waals surface area contributed by atoms with Crippen molar-refractivity contribution in [2.45, 2.75) is 25.1 Å². The van der Waals surface area contributed by atoms with Crippen molar-refractivity contribution in [1.29, 1.82) is 0 Å². The van der Waals surface area contributed by atoms with E-state index in [1.165, 1.54) is 6.07 Å². The van der Waals surface area contributed by atoms with Crippen LogP contribution in [0.3, 0.4) is 0 Å². The molecule has 0 spiro atoms. The number of nitrogens with one attached hydrogen (secondary N) is 1. The molecule has 0 atom stereocenters. The van der Waals surface area contributed by atoms with Crippen LogP contribution < -0.4 is 5.32 Å². The lowest BCUT2D eigenvalue weighted by atomic mass is 10.2. The summed E-state index contributed by atoms with van der Waals surface area (Å²) >= 11 is 5.15. The van der Waals surface area contributed by atoms with Crippen molar-refractivity contribution in [3.8, 4) is 0 Å². The fourth-order valence-corrected chi connectivity index (χ4v) is 1.90. The third kappa shape index (κ3) is 4.44. The molecule has 90 valence electrons. The molecule has 0 amide bonds. The van der Waals surface area contributed by atoms with Crippen LogP contribution in [0.1, 0.15) is 19.4 Å². The first-order chi connectivity index (χ1) is 7.44. The second kappa shape index (κ2) is 6.03. The first-order valence-corrected chi connectivity index (χ1v) is 7.16. The molecule has 0 aromatic heterocycles. The van der Waals surface area contributed by atoms with Crippen LogP contribution in [0, 0.1) is 5.82 Å². The van der Waals surface area contributed by atoms with Crippen LogP contribution in [0.15, 0.2) is 22.7 Å². The first-order valence-electron chi connectivity index (χ1n) is 5.14. The van der Waals surface area contributed by atoms with Crippen molar-refractivity contribution >= 4 is 27.7 Å². The maximum Gasteiger partial charge on any atom is 0.127 e. The van der Waals surface area contributed by atoms with Gasteiger partial charge in [-0.1, -0.05) is 15.9 Å². The predicted octanol–water partition coefficient (Wildman–Crippen LogP) is 3.82. The highest BCUT2D eigenvalue weighted by atomic mass is 79.9. The molecule has 1 rings (SSSR count). The van der Waals surface area contributed by atoms with Crippen LogP contribution in [-0.4, -0.2) is 17.5 Å². The van der Waals surface area contributed by atoms with Gasteiger partial charge in [0.1, 0.15) is 5.82 Å². The van der Waals surface area contributed by atoms with Gasteiger partial charge in [0.25, 0.3) is 0 Å². The molecule has 0 aliphatic rings. The maximum absolute atomic E-state index is 13.4. The minimum absolute atomic E-state index is 0.155. The highest BCUT2D eigenvalue weighted by Gasteiger charge is 2.15. The molecule has 16 heavy (non-hydrogen) atoms. The molecule has 0 heterocycles. The van der Waals surface area contributed by atoms with E-state index in [4.69, 9.17) is 0 Å². The summed E-state index contributed by atoms with van der Waals surface area (Å²) in [4.78, 5) is 0. The Kier molecular flexibility index (Phi) is 5.28. The predicted molar refractivity (Wildman–Crippen MR) is 73.4 cm³/mol. The number of hydrogen-bond donors (Lipinski definition) is 1. The monoisotopic (exact) mass is 305 g/mol. The van der Waals surface area contributed by atoms with Crippen LogP contribution in [-0.2, 0) is 6.54 Å². The first kappa shape index (κ1) is 14.0. The van der Waals surface area contributed by atoms with Gasteiger partial charge >= 0.3 is 0 Å². The van der Waals surface area contributed by atoms with E-state index >= 15 is 0 Å². The standard InChI is InChI=1S/C12H17BrFNS/c1-12(2,16-3)8-15-7-9-6-10(13)4-5-11(9)14/h4-6,15H,7-8H2,1-3H3. The summed E-state index contributed by atoms with van der Waals surface area (Å²) in [6.45, 7) is 5.76. The van der Waals surface area contributed by atoms with Crippen molar-refractivity contribution in [2.24, 2.45) is 0 Å². The fraction of sp³-hybridized carbons (Fsp3) is 0.500. The minimum atomic E-state index is -0.155. The van der Waals surface area contributed by atoms with Gasteiger partial charge in [-0.15, -0.1) is 0 Å². The van der Waals surface area contributed by atoms with E-state index in [2.05, 4.69) is 41.3 Å². The summed E-state index contributed by atoms with van der Waals surface area (Å²) in [5, 5.41) is 3.28. The van der Waals surface area contributed by atoms with Crippen molar-refractivity contribution < 1.29 is 4.39 Å². The molecule has 1 aromatic rings. The molecule has 0 aliphatic heterocycles. The summed E-state index contributed by atoms with van der Waals surface area (Å²) in [6.07, 6.45) is 2.08. The quantitative estimate of drug-likeness (QED) is 0.887. The lowest BCUT2D eigenvalue weighted by Crippen LogP contribution is -2.31. The van der Waals surface area contributed by atoms with Gasteiger partial charge in [0.2, 0.25) is 0 Å². The highest BCUT2D eigenvalue weighted by molar-refractivity contribution is 9.10. The molecule has 0 bridgehead atoms. The average Bonchev–Trinajstić information content (AvgIpc) is 2.23. The Labute approximate surface area is 109 Å². The number of hydrogen-bond acceptors (Lipinski definition) is 2. The summed E-state index contributed by atoms with van der Waals surface area (Å²) in [5.74, 6) is -0.155. The summed E-state index contributed by atoms with van der Waals surface area (Å²) in [7, 11) is 0. The highest BCUT2D eigenvalue weighted by Crippen LogP contribution is 2.20. The topological polar surface area (TPSA) is 12.0 Å². The number of thioether (sulfide) groups is 1.